The maximum Gasteiger partial charge on any atom is 0.138 e. The molecule has 0 saturated heterocycles. The number of para-hydroxylation sites is 2. The van der Waals surface area contributed by atoms with Crippen molar-refractivity contribution in [1.82, 2.24) is 9.97 Å². The average molecular weight is 264 g/mol. The Morgan fingerprint density at radius 1 is 1.00 bits per heavy atom. The molecule has 0 amide bonds. The predicted octanol–water partition coefficient (Wildman–Crippen LogP) is 4.92. The zero-order valence-corrected chi connectivity index (χ0v) is 12.3. The number of aromatic nitrogens is 2. The zero-order valence-electron chi connectivity index (χ0n) is 12.3. The molecular formula is C18H20N2. The molecule has 20 heavy (non-hydrogen) atoms. The van der Waals surface area contributed by atoms with Crippen LogP contribution in [0.15, 0.2) is 48.5 Å². The van der Waals surface area contributed by atoms with Gasteiger partial charge in [-0.1, -0.05) is 57.2 Å². The molecule has 0 radical (unpaired) electrons. The minimum atomic E-state index is 0.229. The van der Waals surface area contributed by atoms with Crippen molar-refractivity contribution in [3.05, 3.63) is 54.1 Å². The third-order valence-corrected chi connectivity index (χ3v) is 4.21. The third kappa shape index (κ3) is 2.22. The van der Waals surface area contributed by atoms with Crippen LogP contribution in [0.4, 0.5) is 0 Å². The van der Waals surface area contributed by atoms with E-state index in [9.17, 15) is 0 Å². The molecule has 0 saturated carbocycles. The smallest absolute Gasteiger partial charge is 0.138 e. The summed E-state index contributed by atoms with van der Waals surface area (Å²) in [5, 5.41) is 0. The Labute approximate surface area is 119 Å². The number of aromatic amines is 1. The van der Waals surface area contributed by atoms with Gasteiger partial charge in [0.2, 0.25) is 0 Å². The van der Waals surface area contributed by atoms with Crippen molar-refractivity contribution in [3.8, 4) is 11.4 Å². The highest BCUT2D eigenvalue weighted by Gasteiger charge is 2.17. The van der Waals surface area contributed by atoms with Crippen molar-refractivity contribution in [2.75, 3.05) is 0 Å². The topological polar surface area (TPSA) is 28.7 Å². The van der Waals surface area contributed by atoms with Crippen molar-refractivity contribution in [3.63, 3.8) is 0 Å². The average Bonchev–Trinajstić information content (AvgIpc) is 2.91. The van der Waals surface area contributed by atoms with Crippen molar-refractivity contribution in [1.29, 1.82) is 0 Å². The first-order valence-electron chi connectivity index (χ1n) is 7.16. The van der Waals surface area contributed by atoms with Crippen LogP contribution in [-0.4, -0.2) is 9.97 Å². The molecule has 1 heterocycles. The molecule has 2 nitrogen and oxygen atoms in total. The number of imidazole rings is 1. The second-order valence-corrected chi connectivity index (χ2v) is 5.92. The fourth-order valence-electron chi connectivity index (χ4n) is 2.37. The van der Waals surface area contributed by atoms with Gasteiger partial charge >= 0.3 is 0 Å². The van der Waals surface area contributed by atoms with Crippen LogP contribution in [-0.2, 0) is 5.41 Å². The summed E-state index contributed by atoms with van der Waals surface area (Å²) in [4.78, 5) is 8.01. The van der Waals surface area contributed by atoms with E-state index in [0.717, 1.165) is 28.8 Å². The first-order valence-corrected chi connectivity index (χ1v) is 7.16. The second-order valence-electron chi connectivity index (χ2n) is 5.92. The van der Waals surface area contributed by atoms with E-state index in [1.54, 1.807) is 0 Å². The lowest BCUT2D eigenvalue weighted by Gasteiger charge is -2.23. The van der Waals surface area contributed by atoms with Crippen LogP contribution in [0.1, 0.15) is 32.8 Å². The number of hydrogen-bond acceptors (Lipinski definition) is 1. The number of fused-ring (bicyclic) bond motifs is 1. The Hall–Kier alpha value is -2.09. The van der Waals surface area contributed by atoms with E-state index in [1.165, 1.54) is 5.56 Å². The Kier molecular flexibility index (Phi) is 3.09. The van der Waals surface area contributed by atoms with E-state index in [4.69, 9.17) is 0 Å². The van der Waals surface area contributed by atoms with Crippen LogP contribution in [0.5, 0.6) is 0 Å². The fraction of sp³-hybridized carbons (Fsp3) is 0.278. The van der Waals surface area contributed by atoms with Gasteiger partial charge in [0.25, 0.3) is 0 Å². The van der Waals surface area contributed by atoms with Crippen molar-refractivity contribution in [2.45, 2.75) is 32.6 Å². The minimum Gasteiger partial charge on any atom is -0.338 e. The van der Waals surface area contributed by atoms with Gasteiger partial charge in [-0.15, -0.1) is 0 Å². The van der Waals surface area contributed by atoms with Gasteiger partial charge in [0.15, 0.2) is 0 Å². The summed E-state index contributed by atoms with van der Waals surface area (Å²) in [5.41, 5.74) is 4.84. The van der Waals surface area contributed by atoms with Crippen molar-refractivity contribution < 1.29 is 0 Å². The molecule has 3 rings (SSSR count). The summed E-state index contributed by atoms with van der Waals surface area (Å²) >= 11 is 0. The Morgan fingerprint density at radius 3 is 2.35 bits per heavy atom. The molecule has 0 aliphatic heterocycles. The summed E-state index contributed by atoms with van der Waals surface area (Å²) < 4.78 is 0. The highest BCUT2D eigenvalue weighted by atomic mass is 14.9. The summed E-state index contributed by atoms with van der Waals surface area (Å²) in [5.74, 6) is 0.937. The van der Waals surface area contributed by atoms with Crippen LogP contribution in [0.2, 0.25) is 0 Å². The molecule has 0 fully saturated rings. The van der Waals surface area contributed by atoms with Gasteiger partial charge in [-0.3, -0.25) is 0 Å². The maximum atomic E-state index is 4.64. The molecule has 0 bridgehead atoms. The Bertz CT molecular complexity index is 688. The van der Waals surface area contributed by atoms with Gasteiger partial charge < -0.3 is 4.98 Å². The van der Waals surface area contributed by atoms with Gasteiger partial charge in [0.05, 0.1) is 11.0 Å². The highest BCUT2D eigenvalue weighted by Crippen LogP contribution is 2.28. The quantitative estimate of drug-likeness (QED) is 0.714. The summed E-state index contributed by atoms with van der Waals surface area (Å²) in [6, 6.07) is 16.9. The van der Waals surface area contributed by atoms with Crippen LogP contribution in [0.25, 0.3) is 22.4 Å². The Morgan fingerprint density at radius 2 is 1.70 bits per heavy atom. The number of nitrogens with one attached hydrogen (secondary N) is 1. The van der Waals surface area contributed by atoms with Gasteiger partial charge in [-0.2, -0.15) is 0 Å². The number of nitrogens with zero attached hydrogens (tertiary/aromatic N) is 1. The highest BCUT2D eigenvalue weighted by molar-refractivity contribution is 5.79. The Balaban J connectivity index is 1.98. The molecule has 1 N–H and O–H groups in total. The predicted molar refractivity (Wildman–Crippen MR) is 84.8 cm³/mol. The molecular weight excluding hydrogens is 244 g/mol. The molecule has 2 aromatic carbocycles. The number of benzene rings is 2. The van der Waals surface area contributed by atoms with E-state index in [2.05, 4.69) is 61.1 Å². The number of rotatable bonds is 3. The largest absolute Gasteiger partial charge is 0.338 e. The molecule has 0 aliphatic carbocycles. The maximum absolute atomic E-state index is 4.64. The molecule has 0 aliphatic rings. The van der Waals surface area contributed by atoms with Gasteiger partial charge in [0.1, 0.15) is 5.82 Å². The fourth-order valence-corrected chi connectivity index (χ4v) is 2.37. The first-order chi connectivity index (χ1) is 9.60. The van der Waals surface area contributed by atoms with E-state index in [0.29, 0.717) is 0 Å². The van der Waals surface area contributed by atoms with Gasteiger partial charge in [-0.25, -0.2) is 4.98 Å². The summed E-state index contributed by atoms with van der Waals surface area (Å²) in [6.45, 7) is 6.79. The second kappa shape index (κ2) is 4.78. The lowest BCUT2D eigenvalue weighted by atomic mass is 9.82. The monoisotopic (exact) mass is 264 g/mol. The van der Waals surface area contributed by atoms with E-state index in [-0.39, 0.29) is 5.41 Å². The standard InChI is InChI=1S/C18H20N2/c1-4-18(2,3)14-11-9-13(10-12-14)17-19-15-7-5-6-8-16(15)20-17/h5-12H,4H2,1-3H3,(H,19,20). The minimum absolute atomic E-state index is 0.229. The number of hydrogen-bond donors (Lipinski definition) is 1. The van der Waals surface area contributed by atoms with Gasteiger partial charge in [-0.05, 0) is 29.5 Å². The lowest BCUT2D eigenvalue weighted by molar-refractivity contribution is 0.506. The molecule has 1 aromatic heterocycles. The molecule has 3 aromatic rings. The molecule has 102 valence electrons. The third-order valence-electron chi connectivity index (χ3n) is 4.21. The SMILES string of the molecule is CCC(C)(C)c1ccc(-c2nc3ccccc3[nH]2)cc1. The summed E-state index contributed by atoms with van der Waals surface area (Å²) in [7, 11) is 0. The normalized spacial score (nSPS) is 11.9. The zero-order chi connectivity index (χ0) is 14.2. The van der Waals surface area contributed by atoms with E-state index in [1.807, 2.05) is 18.2 Å². The summed E-state index contributed by atoms with van der Waals surface area (Å²) in [6.07, 6.45) is 1.14. The number of H-pyrrole nitrogens is 1. The van der Waals surface area contributed by atoms with Crippen molar-refractivity contribution in [2.24, 2.45) is 0 Å². The first kappa shape index (κ1) is 12.9. The molecule has 2 heteroatoms. The lowest BCUT2D eigenvalue weighted by Crippen LogP contribution is -2.14. The van der Waals surface area contributed by atoms with Crippen LogP contribution in [0, 0.1) is 0 Å². The van der Waals surface area contributed by atoms with Crippen LogP contribution >= 0.6 is 0 Å². The van der Waals surface area contributed by atoms with Gasteiger partial charge in [0, 0.05) is 5.56 Å². The molecule has 0 spiro atoms. The molecule has 0 atom stereocenters. The van der Waals surface area contributed by atoms with Crippen molar-refractivity contribution >= 4 is 11.0 Å². The molecule has 0 unspecified atom stereocenters. The van der Waals surface area contributed by atoms with Crippen LogP contribution in [0.3, 0.4) is 0 Å². The van der Waals surface area contributed by atoms with E-state index < -0.39 is 0 Å². The van der Waals surface area contributed by atoms with Crippen LogP contribution < -0.4 is 0 Å². The van der Waals surface area contributed by atoms with E-state index >= 15 is 0 Å².